The van der Waals surface area contributed by atoms with Crippen LogP contribution in [0, 0.1) is 0 Å². The summed E-state index contributed by atoms with van der Waals surface area (Å²) in [6.45, 7) is 0. The van der Waals surface area contributed by atoms with Gasteiger partial charge in [0.1, 0.15) is 0 Å². The Morgan fingerprint density at radius 2 is 1.25 bits per heavy atom. The Kier molecular flexibility index (Phi) is 68.7. The Balaban J connectivity index is -0.00000000500. The van der Waals surface area contributed by atoms with Crippen molar-refractivity contribution in [3.63, 3.8) is 0 Å². The molecule has 4 heteroatoms. The standard InChI is InChI=1S/BHO.Ba.Ca.4H/c1-2;;;;;;/h1H;;;;;;. The molecule has 4 heavy (non-hydrogen) atoms. The van der Waals surface area contributed by atoms with Gasteiger partial charge >= 0.3 is 99.0 Å². The van der Waals surface area contributed by atoms with Crippen LogP contribution in [0.25, 0.3) is 0 Å². The number of hydrogen-bond donors (Lipinski definition) is 0. The summed E-state index contributed by atoms with van der Waals surface area (Å²) in [6.07, 6.45) is 0. The van der Waals surface area contributed by atoms with E-state index in [2.05, 4.69) is 0 Å². The van der Waals surface area contributed by atoms with E-state index in [9.17, 15) is 0 Å². The fraction of sp³-hybridized carbons (Fsp3) is 0. The van der Waals surface area contributed by atoms with E-state index in [4.69, 9.17) is 4.70 Å². The third-order valence-electron chi connectivity index (χ3n) is 0. The molecular formula is H5BBaCaO. The van der Waals surface area contributed by atoms with E-state index >= 15 is 0 Å². The van der Waals surface area contributed by atoms with Gasteiger partial charge in [-0.3, -0.25) is 0 Å². The first-order chi connectivity index (χ1) is 1.00. The second-order valence-corrected chi connectivity index (χ2v) is 0. The first kappa shape index (κ1) is 15.9. The van der Waals surface area contributed by atoms with Crippen molar-refractivity contribution in [3.05, 3.63) is 0 Å². The minimum absolute atomic E-state index is 0. The molecule has 0 N–H and O–H groups in total. The normalized spacial score (nSPS) is 0.750. The van der Waals surface area contributed by atoms with Crippen LogP contribution in [-0.2, 0) is 4.70 Å². The Labute approximate surface area is 96.4 Å². The van der Waals surface area contributed by atoms with Crippen LogP contribution in [0.15, 0.2) is 0 Å². The summed E-state index contributed by atoms with van der Waals surface area (Å²) in [6, 6.07) is 0. The molecule has 0 saturated heterocycles. The van der Waals surface area contributed by atoms with E-state index in [0.29, 0.717) is 0 Å². The van der Waals surface area contributed by atoms with E-state index in [0.717, 1.165) is 0 Å². The zero-order valence-corrected chi connectivity index (χ0v) is 1.12. The maximum atomic E-state index is 8.00. The molecule has 0 heterocycles. The molecule has 0 amide bonds. The second-order valence-electron chi connectivity index (χ2n) is 0. The number of hydrogen-bond acceptors (Lipinski definition) is 1. The molecule has 0 aliphatic carbocycles. The van der Waals surface area contributed by atoms with Crippen LogP contribution >= 0.6 is 0 Å². The molecule has 0 fully saturated rings. The minimum atomic E-state index is 0. The van der Waals surface area contributed by atoms with Crippen molar-refractivity contribution in [2.75, 3.05) is 0 Å². The maximum absolute atomic E-state index is 8.00. The SMILES string of the molecule is B=O.[BaH2].[CaH2]. The quantitative estimate of drug-likeness (QED) is 0.400. The van der Waals surface area contributed by atoms with Gasteiger partial charge in [0.2, 0.25) is 0 Å². The Morgan fingerprint density at radius 3 is 1.25 bits per heavy atom. The van der Waals surface area contributed by atoms with E-state index in [1.165, 1.54) is 0 Å². The molecule has 0 rings (SSSR count). The fourth-order valence-electron chi connectivity index (χ4n) is 0. The zero-order valence-electron chi connectivity index (χ0n) is 1.12. The van der Waals surface area contributed by atoms with Crippen LogP contribution in [-0.4, -0.2) is 94.3 Å². The molecule has 0 aliphatic heterocycles. The Bertz CT molecular complexity index is 8.00. The summed E-state index contributed by atoms with van der Waals surface area (Å²) in [5, 5.41) is 0. The van der Waals surface area contributed by atoms with E-state index < -0.39 is 0 Å². The molecule has 0 spiro atoms. The van der Waals surface area contributed by atoms with Crippen molar-refractivity contribution in [3.8, 4) is 0 Å². The van der Waals surface area contributed by atoms with Crippen LogP contribution in [0.4, 0.5) is 0 Å². The fourth-order valence-corrected chi connectivity index (χ4v) is 0. The van der Waals surface area contributed by atoms with Gasteiger partial charge in [-0.2, -0.15) is 0 Å². The van der Waals surface area contributed by atoms with Gasteiger partial charge in [0, 0.05) is 0 Å². The topological polar surface area (TPSA) is 17.1 Å². The predicted octanol–water partition coefficient (Wildman–Crippen LogP) is -2.60. The molecule has 0 aromatic heterocycles. The predicted molar refractivity (Wildman–Crippen MR) is 24.9 cm³/mol. The summed E-state index contributed by atoms with van der Waals surface area (Å²) in [7, 11) is 2.00. The second kappa shape index (κ2) is 17.3. The van der Waals surface area contributed by atoms with Crippen molar-refractivity contribution >= 4 is 94.3 Å². The van der Waals surface area contributed by atoms with Crippen LogP contribution in [0.1, 0.15) is 0 Å². The first-order valence-electron chi connectivity index (χ1n) is 0.289. The molecule has 0 unspecified atom stereocenters. The van der Waals surface area contributed by atoms with Crippen LogP contribution in [0.5, 0.6) is 0 Å². The van der Waals surface area contributed by atoms with Gasteiger partial charge < -0.3 is 0 Å². The summed E-state index contributed by atoms with van der Waals surface area (Å²) < 4.78 is 8.00. The van der Waals surface area contributed by atoms with Crippen LogP contribution < -0.4 is 0 Å². The molecule has 0 aromatic rings. The summed E-state index contributed by atoms with van der Waals surface area (Å²) in [4.78, 5) is 0. The molecule has 1 nitrogen and oxygen atoms in total. The molecule has 0 saturated carbocycles. The average molecular weight is 209 g/mol. The molecule has 0 aromatic carbocycles. The van der Waals surface area contributed by atoms with Crippen molar-refractivity contribution < 1.29 is 4.70 Å². The third kappa shape index (κ3) is 8.83. The van der Waals surface area contributed by atoms with Crippen LogP contribution in [0.3, 0.4) is 0 Å². The van der Waals surface area contributed by atoms with Gasteiger partial charge in [-0.1, -0.05) is 0 Å². The van der Waals surface area contributed by atoms with E-state index in [1.807, 2.05) is 7.72 Å². The van der Waals surface area contributed by atoms with E-state index in [-0.39, 0.29) is 86.6 Å². The van der Waals surface area contributed by atoms with Crippen molar-refractivity contribution in [1.82, 2.24) is 0 Å². The molecule has 0 bridgehead atoms. The monoisotopic (exact) mass is 210 g/mol. The Morgan fingerprint density at radius 1 is 1.25 bits per heavy atom. The Hall–Kier alpha value is 2.70. The zero-order chi connectivity index (χ0) is 2.00. The van der Waals surface area contributed by atoms with E-state index in [1.54, 1.807) is 0 Å². The van der Waals surface area contributed by atoms with Crippen LogP contribution in [0.2, 0.25) is 0 Å². The third-order valence-corrected chi connectivity index (χ3v) is 0. The summed E-state index contributed by atoms with van der Waals surface area (Å²) in [5.74, 6) is 0. The van der Waals surface area contributed by atoms with Crippen molar-refractivity contribution in [1.29, 1.82) is 0 Å². The van der Waals surface area contributed by atoms with Crippen molar-refractivity contribution in [2.45, 2.75) is 0 Å². The molecule has 18 valence electrons. The molecule has 0 aliphatic rings. The van der Waals surface area contributed by atoms with Crippen molar-refractivity contribution in [2.24, 2.45) is 0 Å². The van der Waals surface area contributed by atoms with Gasteiger partial charge in [0.25, 0.3) is 0 Å². The summed E-state index contributed by atoms with van der Waals surface area (Å²) >= 11 is 0. The summed E-state index contributed by atoms with van der Waals surface area (Å²) in [5.41, 5.74) is 0. The van der Waals surface area contributed by atoms with Gasteiger partial charge in [0.05, 0.1) is 0 Å². The first-order valence-corrected chi connectivity index (χ1v) is 0.289. The number of rotatable bonds is 0. The average Bonchev–Trinajstić information content (AvgIpc) is 1.00. The van der Waals surface area contributed by atoms with Gasteiger partial charge in [-0.05, 0) is 0 Å². The molecular weight excluding hydrogens is 204 g/mol. The molecule has 0 atom stereocenters. The van der Waals surface area contributed by atoms with Gasteiger partial charge in [0.15, 0.2) is 0 Å². The molecule has 0 radical (unpaired) electrons. The van der Waals surface area contributed by atoms with Gasteiger partial charge in [-0.25, -0.2) is 0 Å². The van der Waals surface area contributed by atoms with Gasteiger partial charge in [-0.15, -0.1) is 0 Å².